The van der Waals surface area contributed by atoms with Crippen LogP contribution in [0, 0.1) is 19.8 Å². The van der Waals surface area contributed by atoms with Crippen molar-refractivity contribution >= 4 is 42.4 Å². The molecule has 0 radical (unpaired) electrons. The second kappa shape index (κ2) is 10.3. The van der Waals surface area contributed by atoms with E-state index in [0.29, 0.717) is 0 Å². The van der Waals surface area contributed by atoms with E-state index in [0.717, 1.165) is 46.3 Å². The van der Waals surface area contributed by atoms with Crippen molar-refractivity contribution in [3.63, 3.8) is 0 Å². The first-order valence-electron chi connectivity index (χ1n) is 13.9. The Hall–Kier alpha value is -2.32. The van der Waals surface area contributed by atoms with E-state index in [2.05, 4.69) is 33.0 Å². The number of amides is 1. The minimum atomic E-state index is -0.400. The van der Waals surface area contributed by atoms with E-state index in [4.69, 9.17) is 24.4 Å². The number of nitrogen functional groups attached to an aromatic ring is 1. The van der Waals surface area contributed by atoms with Crippen molar-refractivity contribution in [3.8, 4) is 0 Å². The Morgan fingerprint density at radius 2 is 1.15 bits per heavy atom. The Balaban J connectivity index is 0.000000187. The Morgan fingerprint density at radius 3 is 1.59 bits per heavy atom. The van der Waals surface area contributed by atoms with Gasteiger partial charge in [0.1, 0.15) is 0 Å². The quantitative estimate of drug-likeness (QED) is 0.443. The van der Waals surface area contributed by atoms with E-state index in [1.54, 1.807) is 0 Å². The average Bonchev–Trinajstić information content (AvgIpc) is 3.59. The molecule has 0 atom stereocenters. The summed E-state index contributed by atoms with van der Waals surface area (Å²) in [5.41, 5.74) is 10.3. The summed E-state index contributed by atoms with van der Waals surface area (Å²) in [4.78, 5) is 11.9. The van der Waals surface area contributed by atoms with Gasteiger partial charge >= 0.3 is 14.2 Å². The molecule has 9 heteroatoms. The molecular formula is C30H44B2N2O5. The average molecular weight is 534 g/mol. The van der Waals surface area contributed by atoms with Crippen LogP contribution in [-0.2, 0) is 23.4 Å². The van der Waals surface area contributed by atoms with Gasteiger partial charge in [0.15, 0.2) is 0 Å². The molecule has 0 bridgehead atoms. The van der Waals surface area contributed by atoms with Gasteiger partial charge in [-0.15, -0.1) is 0 Å². The molecule has 2 saturated heterocycles. The van der Waals surface area contributed by atoms with E-state index in [9.17, 15) is 4.79 Å². The van der Waals surface area contributed by atoms with Crippen LogP contribution in [0.5, 0.6) is 0 Å². The number of rotatable bonds is 4. The second-order valence-electron chi connectivity index (χ2n) is 13.1. The number of anilines is 2. The topological polar surface area (TPSA) is 92.0 Å². The molecule has 7 nitrogen and oxygen atoms in total. The molecule has 1 aliphatic carbocycles. The van der Waals surface area contributed by atoms with Crippen LogP contribution in [0.4, 0.5) is 11.4 Å². The molecule has 2 heterocycles. The fourth-order valence-corrected chi connectivity index (χ4v) is 4.41. The smallest absolute Gasteiger partial charge is 0.399 e. The van der Waals surface area contributed by atoms with Crippen LogP contribution in [0.1, 0.15) is 79.4 Å². The fourth-order valence-electron chi connectivity index (χ4n) is 4.41. The molecule has 0 spiro atoms. The maximum atomic E-state index is 11.9. The first-order chi connectivity index (χ1) is 17.9. The summed E-state index contributed by atoms with van der Waals surface area (Å²) in [7, 11) is -0.730. The van der Waals surface area contributed by atoms with Gasteiger partial charge in [-0.1, -0.05) is 23.3 Å². The molecule has 39 heavy (non-hydrogen) atoms. The van der Waals surface area contributed by atoms with Crippen molar-refractivity contribution in [2.75, 3.05) is 11.1 Å². The van der Waals surface area contributed by atoms with Gasteiger partial charge in [0.25, 0.3) is 0 Å². The summed E-state index contributed by atoms with van der Waals surface area (Å²) >= 11 is 0. The zero-order chi connectivity index (χ0) is 29.0. The van der Waals surface area contributed by atoms with Crippen molar-refractivity contribution < 1.29 is 23.4 Å². The van der Waals surface area contributed by atoms with Crippen LogP contribution in [0.25, 0.3) is 0 Å². The minimum Gasteiger partial charge on any atom is -0.399 e. The van der Waals surface area contributed by atoms with E-state index < -0.39 is 7.12 Å². The summed E-state index contributed by atoms with van der Waals surface area (Å²) in [6, 6.07) is 11.7. The highest BCUT2D eigenvalue weighted by Gasteiger charge is 2.53. The molecule has 0 aromatic heterocycles. The summed E-state index contributed by atoms with van der Waals surface area (Å²) in [5, 5.41) is 2.99. The normalized spacial score (nSPS) is 22.3. The van der Waals surface area contributed by atoms with Gasteiger partial charge in [0, 0.05) is 17.3 Å². The third-order valence-corrected chi connectivity index (χ3v) is 8.81. The fraction of sp³-hybridized carbons (Fsp3) is 0.567. The van der Waals surface area contributed by atoms with E-state index in [1.165, 1.54) is 0 Å². The van der Waals surface area contributed by atoms with Crippen molar-refractivity contribution in [2.24, 2.45) is 5.92 Å². The maximum absolute atomic E-state index is 11.9. The summed E-state index contributed by atoms with van der Waals surface area (Å²) in [5.74, 6) is 0.310. The second-order valence-corrected chi connectivity index (χ2v) is 13.1. The van der Waals surface area contributed by atoms with Gasteiger partial charge in [0.2, 0.25) is 5.91 Å². The lowest BCUT2D eigenvalue weighted by Gasteiger charge is -2.32. The van der Waals surface area contributed by atoms with Crippen LogP contribution >= 0.6 is 0 Å². The summed E-state index contributed by atoms with van der Waals surface area (Å²) < 4.78 is 24.2. The van der Waals surface area contributed by atoms with Gasteiger partial charge < -0.3 is 29.7 Å². The minimum absolute atomic E-state index is 0.115. The molecule has 0 unspecified atom stereocenters. The number of nitrogens with one attached hydrogen (secondary N) is 1. The molecule has 2 aliphatic heterocycles. The molecule has 210 valence electrons. The summed E-state index contributed by atoms with van der Waals surface area (Å²) in [6.07, 6.45) is 2.00. The number of carbonyl (C=O) groups excluding carboxylic acids is 1. The first kappa shape index (κ1) is 29.7. The van der Waals surface area contributed by atoms with E-state index >= 15 is 0 Å². The van der Waals surface area contributed by atoms with Crippen molar-refractivity contribution in [3.05, 3.63) is 47.5 Å². The van der Waals surface area contributed by atoms with Crippen molar-refractivity contribution in [1.82, 2.24) is 0 Å². The number of aryl methyl sites for hydroxylation is 2. The van der Waals surface area contributed by atoms with E-state index in [1.807, 2.05) is 77.9 Å². The molecule has 1 amide bonds. The molecule has 1 saturated carbocycles. The Morgan fingerprint density at radius 1 is 0.744 bits per heavy atom. The molecule has 3 fully saturated rings. The van der Waals surface area contributed by atoms with Crippen LogP contribution in [0.15, 0.2) is 36.4 Å². The Bertz CT molecular complexity index is 1210. The Labute approximate surface area is 234 Å². The first-order valence-corrected chi connectivity index (χ1v) is 13.9. The third kappa shape index (κ3) is 6.22. The predicted molar refractivity (Wildman–Crippen MR) is 160 cm³/mol. The third-order valence-electron chi connectivity index (χ3n) is 8.81. The van der Waals surface area contributed by atoms with Crippen LogP contribution < -0.4 is 22.0 Å². The molecule has 2 aromatic carbocycles. The largest absolute Gasteiger partial charge is 0.495 e. The van der Waals surface area contributed by atoms with Gasteiger partial charge in [-0.2, -0.15) is 0 Å². The maximum Gasteiger partial charge on any atom is 0.495 e. The van der Waals surface area contributed by atoms with Gasteiger partial charge in [0.05, 0.1) is 22.4 Å². The lowest BCUT2D eigenvalue weighted by Crippen LogP contribution is -2.41. The number of hydrogen-bond donors (Lipinski definition) is 2. The number of benzene rings is 2. The van der Waals surface area contributed by atoms with Crippen LogP contribution in [0.3, 0.4) is 0 Å². The molecule has 2 aromatic rings. The Kier molecular flexibility index (Phi) is 7.80. The van der Waals surface area contributed by atoms with Crippen LogP contribution in [-0.4, -0.2) is 42.5 Å². The highest BCUT2D eigenvalue weighted by Crippen LogP contribution is 2.38. The number of nitrogens with two attached hydrogens (primary N) is 1. The van der Waals surface area contributed by atoms with Crippen molar-refractivity contribution in [1.29, 1.82) is 0 Å². The highest BCUT2D eigenvalue weighted by atomic mass is 16.7. The zero-order valence-corrected chi connectivity index (χ0v) is 25.2. The van der Waals surface area contributed by atoms with Crippen LogP contribution in [0.2, 0.25) is 0 Å². The number of hydrogen-bond acceptors (Lipinski definition) is 6. The number of carbonyl (C=O) groups is 1. The zero-order valence-electron chi connectivity index (χ0n) is 25.2. The molecule has 3 N–H and O–H groups in total. The van der Waals surface area contributed by atoms with Crippen molar-refractivity contribution in [2.45, 2.75) is 104 Å². The molecule has 3 aliphatic rings. The predicted octanol–water partition coefficient (Wildman–Crippen LogP) is 4.52. The highest BCUT2D eigenvalue weighted by molar-refractivity contribution is 6.63. The van der Waals surface area contributed by atoms with Gasteiger partial charge in [-0.05, 0) is 117 Å². The lowest BCUT2D eigenvalue weighted by molar-refractivity contribution is -0.117. The van der Waals surface area contributed by atoms with Gasteiger partial charge in [-0.25, -0.2) is 0 Å². The molecule has 5 rings (SSSR count). The lowest BCUT2D eigenvalue weighted by atomic mass is 9.76. The SMILES string of the molecule is Cc1ccc(N)cc1B1OC(C)(C)C(C)(C)O1.Cc1ccc(NC(=O)C2CC2)cc1B1OC(C)(C)C(C)(C)O1. The standard InChI is InChI=1S/C17H24BNO3.C13H20BNO2/c1-11-6-9-13(19-15(20)12-7-8-12)10-14(11)18-21-16(2,3)17(4,5)22-18;1-9-6-7-10(15)8-11(9)14-16-12(2,3)13(4,5)17-14/h6,9-10,12H,7-8H2,1-5H3,(H,19,20);6-8H,15H2,1-5H3. The monoisotopic (exact) mass is 534 g/mol. The summed E-state index contributed by atoms with van der Waals surface area (Å²) in [6.45, 7) is 20.4. The van der Waals surface area contributed by atoms with E-state index in [-0.39, 0.29) is 41.3 Å². The molecular weight excluding hydrogens is 490 g/mol. The van der Waals surface area contributed by atoms with Gasteiger partial charge in [-0.3, -0.25) is 4.79 Å².